The van der Waals surface area contributed by atoms with Crippen LogP contribution >= 0.6 is 39.0 Å². The van der Waals surface area contributed by atoms with Gasteiger partial charge in [0.1, 0.15) is 0 Å². The summed E-state index contributed by atoms with van der Waals surface area (Å²) >= 11 is 6.59. The maximum absolute atomic E-state index is 12.1. The summed E-state index contributed by atoms with van der Waals surface area (Å²) < 4.78 is 2.08. The molecule has 0 fully saturated rings. The molecule has 0 aliphatic carbocycles. The number of rotatable bonds is 5. The number of amides is 2. The van der Waals surface area contributed by atoms with Crippen molar-refractivity contribution in [2.24, 2.45) is 0 Å². The molecule has 0 spiro atoms. The van der Waals surface area contributed by atoms with Gasteiger partial charge in [0, 0.05) is 15.9 Å². The lowest BCUT2D eigenvalue weighted by Crippen LogP contribution is -2.19. The van der Waals surface area contributed by atoms with E-state index in [1.165, 1.54) is 16.9 Å². The number of thiazole rings is 1. The van der Waals surface area contributed by atoms with Crippen molar-refractivity contribution in [1.82, 2.24) is 4.98 Å². The van der Waals surface area contributed by atoms with Crippen LogP contribution in [0, 0.1) is 6.92 Å². The van der Waals surface area contributed by atoms with Crippen molar-refractivity contribution in [3.8, 4) is 0 Å². The maximum atomic E-state index is 12.1. The summed E-state index contributed by atoms with van der Waals surface area (Å²) in [6.45, 7) is 1.96. The second-order valence-electron chi connectivity index (χ2n) is 5.25. The van der Waals surface area contributed by atoms with Gasteiger partial charge in [-0.3, -0.25) is 5.32 Å². The lowest BCUT2D eigenvalue weighted by Gasteiger charge is -2.05. The van der Waals surface area contributed by atoms with Crippen LogP contribution in [0.3, 0.4) is 0 Å². The molecule has 1 heterocycles. The van der Waals surface area contributed by atoms with E-state index >= 15 is 0 Å². The molecule has 2 aromatic carbocycles. The maximum Gasteiger partial charge on any atom is 0.325 e. The number of thioether (sulfide) groups is 1. The Morgan fingerprint density at radius 1 is 1.12 bits per heavy atom. The van der Waals surface area contributed by atoms with E-state index in [4.69, 9.17) is 0 Å². The average molecular weight is 434 g/mol. The number of aryl methyl sites for hydroxylation is 1. The first-order chi connectivity index (χ1) is 12.1. The van der Waals surface area contributed by atoms with Crippen LogP contribution in [0.1, 0.15) is 11.3 Å². The molecule has 0 bridgehead atoms. The molecular weight excluding hydrogens is 418 g/mol. The Morgan fingerprint density at radius 3 is 2.56 bits per heavy atom. The van der Waals surface area contributed by atoms with Gasteiger partial charge in [0.2, 0.25) is 0 Å². The average Bonchev–Trinajstić information content (AvgIpc) is 2.95. The Kier molecular flexibility index (Phi) is 6.12. The first kappa shape index (κ1) is 18.0. The number of nitrogens with zero attached hydrogens (tertiary/aromatic N) is 1. The van der Waals surface area contributed by atoms with E-state index < -0.39 is 0 Å². The molecule has 0 aliphatic rings. The SMILES string of the molecule is Cc1nc(NC(=O)Nc2ccc(Br)cc2)sc1SCc1ccccc1. The van der Waals surface area contributed by atoms with Crippen molar-refractivity contribution in [2.45, 2.75) is 16.9 Å². The summed E-state index contributed by atoms with van der Waals surface area (Å²) in [4.78, 5) is 16.5. The largest absolute Gasteiger partial charge is 0.325 e. The highest BCUT2D eigenvalue weighted by Gasteiger charge is 2.11. The Hall–Kier alpha value is -1.83. The summed E-state index contributed by atoms with van der Waals surface area (Å²) in [5, 5.41) is 6.19. The molecule has 0 saturated heterocycles. The number of carbonyl (C=O) groups excluding carboxylic acids is 1. The van der Waals surface area contributed by atoms with Crippen LogP contribution in [-0.4, -0.2) is 11.0 Å². The minimum absolute atomic E-state index is 0.296. The van der Waals surface area contributed by atoms with E-state index in [1.54, 1.807) is 11.8 Å². The first-order valence-corrected chi connectivity index (χ1v) is 10.2. The molecule has 1 aromatic heterocycles. The smallest absolute Gasteiger partial charge is 0.308 e. The van der Waals surface area contributed by atoms with Crippen molar-refractivity contribution < 1.29 is 4.79 Å². The molecule has 4 nitrogen and oxygen atoms in total. The Labute approximate surface area is 163 Å². The van der Waals surface area contributed by atoms with Crippen LogP contribution < -0.4 is 10.6 Å². The summed E-state index contributed by atoms with van der Waals surface area (Å²) in [5.74, 6) is 0.883. The third kappa shape index (κ3) is 5.32. The van der Waals surface area contributed by atoms with Crippen LogP contribution in [-0.2, 0) is 5.75 Å². The monoisotopic (exact) mass is 433 g/mol. The number of anilines is 2. The van der Waals surface area contributed by atoms with Crippen molar-refractivity contribution in [3.63, 3.8) is 0 Å². The zero-order valence-electron chi connectivity index (χ0n) is 13.5. The normalized spacial score (nSPS) is 10.5. The third-order valence-corrected chi connectivity index (χ3v) is 6.32. The topological polar surface area (TPSA) is 54.0 Å². The quantitative estimate of drug-likeness (QED) is 0.474. The van der Waals surface area contributed by atoms with Gasteiger partial charge in [0.15, 0.2) is 5.13 Å². The van der Waals surface area contributed by atoms with E-state index in [1.807, 2.05) is 49.4 Å². The van der Waals surface area contributed by atoms with E-state index in [9.17, 15) is 4.79 Å². The predicted molar refractivity (Wildman–Crippen MR) is 110 cm³/mol. The molecule has 3 aromatic rings. The molecule has 0 aliphatic heterocycles. The number of hydrogen-bond acceptors (Lipinski definition) is 4. The van der Waals surface area contributed by atoms with E-state index in [0.717, 1.165) is 25.8 Å². The highest BCUT2D eigenvalue weighted by atomic mass is 79.9. The highest BCUT2D eigenvalue weighted by molar-refractivity contribution is 9.10. The zero-order valence-corrected chi connectivity index (χ0v) is 16.7. The molecule has 0 saturated carbocycles. The second kappa shape index (κ2) is 8.51. The number of carbonyl (C=O) groups is 1. The first-order valence-electron chi connectivity index (χ1n) is 7.58. The number of halogens is 1. The molecule has 2 amide bonds. The number of aromatic nitrogens is 1. The van der Waals surface area contributed by atoms with E-state index in [0.29, 0.717) is 5.13 Å². The van der Waals surface area contributed by atoms with Gasteiger partial charge in [0.05, 0.1) is 9.90 Å². The van der Waals surface area contributed by atoms with Crippen molar-refractivity contribution >= 4 is 55.9 Å². The van der Waals surface area contributed by atoms with Gasteiger partial charge in [-0.25, -0.2) is 9.78 Å². The summed E-state index contributed by atoms with van der Waals surface area (Å²) in [5.41, 5.74) is 2.93. The fourth-order valence-electron chi connectivity index (χ4n) is 2.09. The summed E-state index contributed by atoms with van der Waals surface area (Å²) in [6.07, 6.45) is 0. The van der Waals surface area contributed by atoms with Crippen LogP contribution in [0.4, 0.5) is 15.6 Å². The van der Waals surface area contributed by atoms with Gasteiger partial charge < -0.3 is 5.32 Å². The molecule has 7 heteroatoms. The van der Waals surface area contributed by atoms with Gasteiger partial charge in [-0.15, -0.1) is 11.8 Å². The minimum Gasteiger partial charge on any atom is -0.308 e. The molecule has 0 radical (unpaired) electrons. The van der Waals surface area contributed by atoms with Crippen molar-refractivity contribution in [2.75, 3.05) is 10.6 Å². The zero-order chi connectivity index (χ0) is 17.6. The number of nitrogens with one attached hydrogen (secondary N) is 2. The molecule has 25 heavy (non-hydrogen) atoms. The van der Waals surface area contributed by atoms with Crippen molar-refractivity contribution in [1.29, 1.82) is 0 Å². The van der Waals surface area contributed by atoms with Gasteiger partial charge in [-0.1, -0.05) is 57.6 Å². The molecule has 0 atom stereocenters. The third-order valence-electron chi connectivity index (χ3n) is 3.29. The lowest BCUT2D eigenvalue weighted by atomic mass is 10.2. The molecule has 3 rings (SSSR count). The molecular formula is C18H16BrN3OS2. The lowest BCUT2D eigenvalue weighted by molar-refractivity contribution is 0.262. The standard InChI is InChI=1S/C18H16BrN3OS2/c1-12-16(24-11-13-5-3-2-4-6-13)25-18(20-12)22-17(23)21-15-9-7-14(19)8-10-15/h2-10H,11H2,1H3,(H2,20,21,22,23). The van der Waals surface area contributed by atoms with Gasteiger partial charge in [-0.2, -0.15) is 0 Å². The van der Waals surface area contributed by atoms with E-state index in [-0.39, 0.29) is 6.03 Å². The fraction of sp³-hybridized carbons (Fsp3) is 0.111. The fourth-order valence-corrected chi connectivity index (χ4v) is 4.44. The van der Waals surface area contributed by atoms with Gasteiger partial charge in [-0.05, 0) is 36.8 Å². The van der Waals surface area contributed by atoms with Crippen LogP contribution in [0.5, 0.6) is 0 Å². The van der Waals surface area contributed by atoms with E-state index in [2.05, 4.69) is 43.7 Å². The van der Waals surface area contributed by atoms with Crippen LogP contribution in [0.2, 0.25) is 0 Å². The van der Waals surface area contributed by atoms with Gasteiger partial charge >= 0.3 is 6.03 Å². The number of urea groups is 1. The molecule has 128 valence electrons. The second-order valence-corrected chi connectivity index (χ2v) is 8.41. The van der Waals surface area contributed by atoms with Gasteiger partial charge in [0.25, 0.3) is 0 Å². The Balaban J connectivity index is 1.58. The van der Waals surface area contributed by atoms with Crippen molar-refractivity contribution in [3.05, 3.63) is 70.3 Å². The molecule has 0 unspecified atom stereocenters. The minimum atomic E-state index is -0.296. The molecule has 2 N–H and O–H groups in total. The Bertz CT molecular complexity index is 851. The predicted octanol–water partition coefficient (Wildman–Crippen LogP) is 6.15. The summed E-state index contributed by atoms with van der Waals surface area (Å²) in [7, 11) is 0. The Morgan fingerprint density at radius 2 is 1.84 bits per heavy atom. The summed E-state index contributed by atoms with van der Waals surface area (Å²) in [6, 6.07) is 17.4. The van der Waals surface area contributed by atoms with Crippen LogP contribution in [0.15, 0.2) is 63.3 Å². The highest BCUT2D eigenvalue weighted by Crippen LogP contribution is 2.34. The van der Waals surface area contributed by atoms with Crippen LogP contribution in [0.25, 0.3) is 0 Å². The number of hydrogen-bond donors (Lipinski definition) is 2. The number of benzene rings is 2.